The number of carbonyl (C=O) groups is 1. The molecular formula is C15H18O6. The molecule has 3 saturated heterocycles. The van der Waals surface area contributed by atoms with E-state index in [0.29, 0.717) is 6.61 Å². The summed E-state index contributed by atoms with van der Waals surface area (Å²) in [7, 11) is 0. The van der Waals surface area contributed by atoms with Crippen LogP contribution in [0.25, 0.3) is 0 Å². The van der Waals surface area contributed by atoms with Crippen LogP contribution in [0.2, 0.25) is 0 Å². The molecule has 2 aliphatic carbocycles. The largest absolute Gasteiger partial charge is 0.459 e. The van der Waals surface area contributed by atoms with Crippen molar-refractivity contribution in [2.24, 2.45) is 17.3 Å². The van der Waals surface area contributed by atoms with Crippen LogP contribution in [0, 0.1) is 17.3 Å². The fourth-order valence-corrected chi connectivity index (χ4v) is 5.49. The number of fused-ring (bicyclic) bond motifs is 8. The van der Waals surface area contributed by atoms with Crippen LogP contribution >= 0.6 is 0 Å². The Morgan fingerprint density at radius 1 is 1.43 bits per heavy atom. The van der Waals surface area contributed by atoms with Crippen LogP contribution in [0.3, 0.4) is 0 Å². The third-order valence-corrected chi connectivity index (χ3v) is 6.72. The van der Waals surface area contributed by atoms with Crippen LogP contribution in [0.5, 0.6) is 0 Å². The second-order valence-electron chi connectivity index (χ2n) is 7.38. The van der Waals surface area contributed by atoms with Crippen LogP contribution in [-0.2, 0) is 19.0 Å². The van der Waals surface area contributed by atoms with Gasteiger partial charge in [0.05, 0.1) is 17.9 Å². The summed E-state index contributed by atoms with van der Waals surface area (Å²) in [5.41, 5.74) is -2.38. The molecule has 0 radical (unpaired) electrons. The standard InChI is InChI=1S/C15H18O6/c1-5(2)6-7-12(17)20-8(6)9(16)13(3)14(4-19-14)10-11(21-10)15(7,13)18/h6-11,16,18H,1,4H2,2-3H3/t6?,7?,8?,9?,10?,11?,13-,14+,15-/m0/s1. The lowest BCUT2D eigenvalue weighted by molar-refractivity contribution is -0.232. The molecule has 3 heterocycles. The molecule has 114 valence electrons. The number of aliphatic hydroxyl groups is 2. The van der Waals surface area contributed by atoms with Gasteiger partial charge < -0.3 is 24.4 Å². The van der Waals surface area contributed by atoms with Gasteiger partial charge in [-0.05, 0) is 6.92 Å². The zero-order valence-corrected chi connectivity index (χ0v) is 11.9. The minimum Gasteiger partial charge on any atom is -0.459 e. The van der Waals surface area contributed by atoms with Crippen molar-refractivity contribution < 1.29 is 29.2 Å². The summed E-state index contributed by atoms with van der Waals surface area (Å²) in [6.45, 7) is 7.96. The average molecular weight is 294 g/mol. The van der Waals surface area contributed by atoms with Crippen molar-refractivity contribution in [1.82, 2.24) is 0 Å². The van der Waals surface area contributed by atoms with Gasteiger partial charge in [-0.15, -0.1) is 0 Å². The van der Waals surface area contributed by atoms with Gasteiger partial charge in [-0.25, -0.2) is 0 Å². The van der Waals surface area contributed by atoms with Gasteiger partial charge in [-0.2, -0.15) is 0 Å². The molecule has 6 heteroatoms. The molecule has 0 amide bonds. The predicted octanol–water partition coefficient (Wildman–Crippen LogP) is -0.618. The van der Waals surface area contributed by atoms with Gasteiger partial charge >= 0.3 is 5.97 Å². The molecule has 0 aromatic rings. The number of hydrogen-bond acceptors (Lipinski definition) is 6. The lowest BCUT2D eigenvalue weighted by Gasteiger charge is -2.54. The van der Waals surface area contributed by atoms with Crippen molar-refractivity contribution in [3.05, 3.63) is 12.2 Å². The van der Waals surface area contributed by atoms with Gasteiger partial charge in [-0.3, -0.25) is 4.79 Å². The molecule has 0 aromatic carbocycles. The number of esters is 1. The van der Waals surface area contributed by atoms with Gasteiger partial charge in [0, 0.05) is 5.92 Å². The summed E-state index contributed by atoms with van der Waals surface area (Å²) in [6.07, 6.45) is -2.37. The first-order chi connectivity index (χ1) is 9.80. The highest BCUT2D eigenvalue weighted by Gasteiger charge is 2.94. The molecule has 3 aliphatic heterocycles. The maximum absolute atomic E-state index is 12.4. The Labute approximate surface area is 121 Å². The van der Waals surface area contributed by atoms with E-state index in [0.717, 1.165) is 5.57 Å². The Morgan fingerprint density at radius 3 is 2.67 bits per heavy atom. The fraction of sp³-hybridized carbons (Fsp3) is 0.800. The number of hydrogen-bond donors (Lipinski definition) is 2. The highest BCUT2D eigenvalue weighted by molar-refractivity contribution is 5.80. The number of carbonyl (C=O) groups excluding carboxylic acids is 1. The van der Waals surface area contributed by atoms with Crippen LogP contribution in [0.4, 0.5) is 0 Å². The van der Waals surface area contributed by atoms with E-state index in [2.05, 4.69) is 6.58 Å². The van der Waals surface area contributed by atoms with Gasteiger partial charge in [-0.1, -0.05) is 19.1 Å². The summed E-state index contributed by atoms with van der Waals surface area (Å²) in [6, 6.07) is 0. The Kier molecular flexibility index (Phi) is 1.83. The second-order valence-corrected chi connectivity index (χ2v) is 7.38. The lowest BCUT2D eigenvalue weighted by Crippen LogP contribution is -2.70. The molecule has 0 aromatic heterocycles. The van der Waals surface area contributed by atoms with Gasteiger partial charge in [0.15, 0.2) is 0 Å². The maximum atomic E-state index is 12.4. The topological polar surface area (TPSA) is 91.8 Å². The van der Waals surface area contributed by atoms with Crippen LogP contribution in [0.1, 0.15) is 13.8 Å². The van der Waals surface area contributed by atoms with Gasteiger partial charge in [0.25, 0.3) is 0 Å². The van der Waals surface area contributed by atoms with Crippen molar-refractivity contribution >= 4 is 5.97 Å². The molecule has 9 atom stereocenters. The quantitative estimate of drug-likeness (QED) is 0.380. The minimum absolute atomic E-state index is 0.236. The maximum Gasteiger partial charge on any atom is 0.313 e. The molecule has 5 aliphatic rings. The molecule has 21 heavy (non-hydrogen) atoms. The molecule has 6 unspecified atom stereocenters. The third-order valence-electron chi connectivity index (χ3n) is 6.72. The SMILES string of the molecule is C=C(C)C1C2OC(=O)C1[C@]1(O)C3OC3[C@]3(CO3)[C@]1(C)C2O. The smallest absolute Gasteiger partial charge is 0.313 e. The zero-order valence-electron chi connectivity index (χ0n) is 11.9. The fourth-order valence-electron chi connectivity index (χ4n) is 5.49. The first-order valence-electron chi connectivity index (χ1n) is 7.36. The third kappa shape index (κ3) is 0.958. The van der Waals surface area contributed by atoms with E-state index in [1.54, 1.807) is 13.8 Å². The van der Waals surface area contributed by atoms with Crippen molar-refractivity contribution in [3.8, 4) is 0 Å². The van der Waals surface area contributed by atoms with E-state index in [4.69, 9.17) is 14.2 Å². The summed E-state index contributed by atoms with van der Waals surface area (Å²) >= 11 is 0. The molecule has 5 rings (SSSR count). The Morgan fingerprint density at radius 2 is 2.10 bits per heavy atom. The van der Waals surface area contributed by atoms with E-state index in [1.165, 1.54) is 0 Å². The first-order valence-corrected chi connectivity index (χ1v) is 7.36. The Bertz CT molecular complexity index is 597. The van der Waals surface area contributed by atoms with Crippen molar-refractivity contribution in [2.45, 2.75) is 49.5 Å². The zero-order chi connectivity index (χ0) is 14.9. The summed E-state index contributed by atoms with van der Waals surface area (Å²) in [4.78, 5) is 12.4. The molecule has 5 fully saturated rings. The second kappa shape index (κ2) is 3.06. The van der Waals surface area contributed by atoms with E-state index in [-0.39, 0.29) is 12.0 Å². The normalized spacial score (nSPS) is 65.8. The summed E-state index contributed by atoms with van der Waals surface area (Å²) < 4.78 is 16.7. The first kappa shape index (κ1) is 12.6. The van der Waals surface area contributed by atoms with E-state index < -0.39 is 46.8 Å². The molecule has 2 saturated carbocycles. The van der Waals surface area contributed by atoms with E-state index in [1.807, 2.05) is 0 Å². The molecule has 1 spiro atoms. The van der Waals surface area contributed by atoms with E-state index >= 15 is 0 Å². The predicted molar refractivity (Wildman–Crippen MR) is 68.1 cm³/mol. The van der Waals surface area contributed by atoms with Crippen LogP contribution < -0.4 is 0 Å². The lowest BCUT2D eigenvalue weighted by atomic mass is 9.52. The Balaban J connectivity index is 1.76. The summed E-state index contributed by atoms with van der Waals surface area (Å²) in [5.74, 6) is -1.60. The van der Waals surface area contributed by atoms with Crippen molar-refractivity contribution in [1.29, 1.82) is 0 Å². The van der Waals surface area contributed by atoms with Crippen molar-refractivity contribution in [3.63, 3.8) is 0 Å². The number of ether oxygens (including phenoxy) is 3. The Hall–Kier alpha value is -0.950. The average Bonchev–Trinajstić information content (AvgIpc) is 3.27. The minimum atomic E-state index is -1.47. The molecule has 6 nitrogen and oxygen atoms in total. The number of rotatable bonds is 1. The van der Waals surface area contributed by atoms with Gasteiger partial charge in [0.1, 0.15) is 35.6 Å². The molecule has 2 bridgehead atoms. The molecular weight excluding hydrogens is 276 g/mol. The summed E-state index contributed by atoms with van der Waals surface area (Å²) in [5, 5.41) is 22.4. The number of aliphatic hydroxyl groups excluding tert-OH is 1. The van der Waals surface area contributed by atoms with Crippen molar-refractivity contribution in [2.75, 3.05) is 6.61 Å². The monoisotopic (exact) mass is 294 g/mol. The van der Waals surface area contributed by atoms with Gasteiger partial charge in [0.2, 0.25) is 0 Å². The highest BCUT2D eigenvalue weighted by atomic mass is 16.7. The highest BCUT2D eigenvalue weighted by Crippen LogP contribution is 2.75. The van der Waals surface area contributed by atoms with Crippen LogP contribution in [0.15, 0.2) is 12.2 Å². The van der Waals surface area contributed by atoms with E-state index in [9.17, 15) is 15.0 Å². The number of epoxide rings is 2. The van der Waals surface area contributed by atoms with Crippen LogP contribution in [-0.4, -0.2) is 58.4 Å². The molecule has 2 N–H and O–H groups in total.